The fraction of sp³-hybridized carbons (Fsp3) is 0.0667. The van der Waals surface area contributed by atoms with Crippen molar-refractivity contribution in [2.45, 2.75) is 6.92 Å². The van der Waals surface area contributed by atoms with E-state index in [0.717, 1.165) is 10.0 Å². The van der Waals surface area contributed by atoms with E-state index in [1.807, 2.05) is 19.1 Å². The lowest BCUT2D eigenvalue weighted by atomic mass is 10.2. The van der Waals surface area contributed by atoms with Crippen molar-refractivity contribution in [3.63, 3.8) is 0 Å². The lowest BCUT2D eigenvalue weighted by Crippen LogP contribution is -2.24. The molecule has 39 heavy (non-hydrogen) atoms. The molecule has 196 valence electrons. The molecule has 0 saturated carbocycles. The minimum Gasteiger partial charge on any atom is -0.483 e. The molecule has 4 rings (SSSR count). The summed E-state index contributed by atoms with van der Waals surface area (Å²) in [4.78, 5) is 37.5. The highest BCUT2D eigenvalue weighted by atomic mass is 79.9. The zero-order valence-electron chi connectivity index (χ0n) is 20.8. The molecule has 0 bridgehead atoms. The molecule has 1 N–H and O–H groups in total. The third kappa shape index (κ3) is 7.86. The first-order chi connectivity index (χ1) is 18.9. The van der Waals surface area contributed by atoms with Crippen LogP contribution in [-0.2, 0) is 4.79 Å². The first-order valence-corrected chi connectivity index (χ1v) is 12.6. The molecule has 0 spiro atoms. The third-order valence-electron chi connectivity index (χ3n) is 5.24. The number of nitrogens with one attached hydrogen (secondary N) is 1. The Morgan fingerprint density at radius 2 is 1.36 bits per heavy atom. The van der Waals surface area contributed by atoms with Crippen LogP contribution in [0.1, 0.15) is 31.8 Å². The first kappa shape index (κ1) is 27.3. The lowest BCUT2D eigenvalue weighted by Gasteiger charge is -2.11. The third-order valence-corrected chi connectivity index (χ3v) is 5.86. The van der Waals surface area contributed by atoms with E-state index < -0.39 is 17.8 Å². The van der Waals surface area contributed by atoms with Gasteiger partial charge in [-0.2, -0.15) is 5.10 Å². The summed E-state index contributed by atoms with van der Waals surface area (Å²) in [5.74, 6) is -1.12. The van der Waals surface area contributed by atoms with Crippen LogP contribution in [0.15, 0.2) is 107 Å². The van der Waals surface area contributed by atoms with Crippen molar-refractivity contribution in [3.8, 4) is 17.2 Å². The van der Waals surface area contributed by atoms with Gasteiger partial charge < -0.3 is 14.2 Å². The van der Waals surface area contributed by atoms with E-state index in [4.69, 9.17) is 14.2 Å². The minimum absolute atomic E-state index is 0.0102. The van der Waals surface area contributed by atoms with Crippen LogP contribution in [0.3, 0.4) is 0 Å². The van der Waals surface area contributed by atoms with Gasteiger partial charge in [-0.15, -0.1) is 0 Å². The Morgan fingerprint density at radius 3 is 1.97 bits per heavy atom. The molecule has 0 atom stereocenters. The van der Waals surface area contributed by atoms with Crippen molar-refractivity contribution in [1.82, 2.24) is 5.43 Å². The van der Waals surface area contributed by atoms with Gasteiger partial charge in [0, 0.05) is 0 Å². The Balaban J connectivity index is 1.46. The Bertz CT molecular complexity index is 1510. The number of carbonyl (C=O) groups excluding carboxylic acids is 3. The highest BCUT2D eigenvalue weighted by Crippen LogP contribution is 2.30. The number of aryl methyl sites for hydroxylation is 1. The second kappa shape index (κ2) is 13.2. The number of hydrogen-bond acceptors (Lipinski definition) is 7. The zero-order chi connectivity index (χ0) is 27.6. The van der Waals surface area contributed by atoms with E-state index >= 15 is 0 Å². The zero-order valence-corrected chi connectivity index (χ0v) is 22.4. The van der Waals surface area contributed by atoms with Crippen LogP contribution in [0.4, 0.5) is 0 Å². The van der Waals surface area contributed by atoms with Crippen molar-refractivity contribution < 1.29 is 28.6 Å². The molecule has 0 unspecified atom stereocenters. The van der Waals surface area contributed by atoms with E-state index in [-0.39, 0.29) is 18.1 Å². The van der Waals surface area contributed by atoms with Gasteiger partial charge in [0.15, 0.2) is 18.1 Å². The molecule has 0 heterocycles. The van der Waals surface area contributed by atoms with Crippen LogP contribution < -0.4 is 19.6 Å². The predicted octanol–water partition coefficient (Wildman–Crippen LogP) is 5.73. The average molecular weight is 587 g/mol. The molecule has 0 aromatic heterocycles. The van der Waals surface area contributed by atoms with Gasteiger partial charge in [0.25, 0.3) is 5.91 Å². The Hall–Kier alpha value is -4.76. The minimum atomic E-state index is -0.630. The van der Waals surface area contributed by atoms with Crippen LogP contribution in [0.5, 0.6) is 17.2 Å². The van der Waals surface area contributed by atoms with E-state index in [1.165, 1.54) is 18.3 Å². The number of carbonyl (C=O) groups is 3. The van der Waals surface area contributed by atoms with Gasteiger partial charge in [-0.3, -0.25) is 4.79 Å². The van der Waals surface area contributed by atoms with Crippen molar-refractivity contribution >= 4 is 40.0 Å². The summed E-state index contributed by atoms with van der Waals surface area (Å²) in [5.41, 5.74) is 4.58. The summed E-state index contributed by atoms with van der Waals surface area (Å²) >= 11 is 3.40. The normalized spacial score (nSPS) is 10.6. The maximum absolute atomic E-state index is 12.7. The summed E-state index contributed by atoms with van der Waals surface area (Å²) in [6, 6.07) is 26.9. The number of ether oxygens (including phenoxy) is 3. The Kier molecular flexibility index (Phi) is 9.20. The fourth-order valence-corrected chi connectivity index (χ4v) is 3.92. The molecule has 1 amide bonds. The smallest absolute Gasteiger partial charge is 0.343 e. The van der Waals surface area contributed by atoms with Crippen molar-refractivity contribution in [1.29, 1.82) is 0 Å². The molecule has 0 radical (unpaired) electrons. The SMILES string of the molecule is Cc1ccc(OCC(=O)N/N=C\c2ccc(OC(=O)c3ccccc3)c(OC(=O)c3ccccc3)c2)c(Br)c1. The molecule has 4 aromatic carbocycles. The second-order valence-electron chi connectivity index (χ2n) is 8.23. The molecule has 0 saturated heterocycles. The number of esters is 2. The van der Waals surface area contributed by atoms with Crippen LogP contribution in [0, 0.1) is 6.92 Å². The summed E-state index contributed by atoms with van der Waals surface area (Å²) in [6.45, 7) is 1.71. The van der Waals surface area contributed by atoms with Gasteiger partial charge in [-0.1, -0.05) is 42.5 Å². The second-order valence-corrected chi connectivity index (χ2v) is 9.09. The Labute approximate surface area is 233 Å². The van der Waals surface area contributed by atoms with Crippen molar-refractivity contribution in [2.75, 3.05) is 6.61 Å². The van der Waals surface area contributed by atoms with Gasteiger partial charge >= 0.3 is 11.9 Å². The van der Waals surface area contributed by atoms with Crippen LogP contribution >= 0.6 is 15.9 Å². The van der Waals surface area contributed by atoms with Crippen molar-refractivity contribution in [3.05, 3.63) is 124 Å². The molecule has 8 nitrogen and oxygen atoms in total. The number of hydrazone groups is 1. The average Bonchev–Trinajstić information content (AvgIpc) is 2.94. The van der Waals surface area contributed by atoms with Crippen molar-refractivity contribution in [2.24, 2.45) is 5.10 Å². The molecule has 4 aromatic rings. The van der Waals surface area contributed by atoms with Crippen LogP contribution in [0.25, 0.3) is 0 Å². The number of hydrogen-bond donors (Lipinski definition) is 1. The quantitative estimate of drug-likeness (QED) is 0.116. The molecular formula is C30H23BrN2O6. The summed E-state index contributed by atoms with van der Waals surface area (Å²) in [6.07, 6.45) is 1.36. The van der Waals surface area contributed by atoms with Gasteiger partial charge in [0.05, 0.1) is 21.8 Å². The summed E-state index contributed by atoms with van der Waals surface area (Å²) < 4.78 is 17.3. The molecular weight excluding hydrogens is 564 g/mol. The number of rotatable bonds is 9. The van der Waals surface area contributed by atoms with Gasteiger partial charge in [-0.05, 0) is 88.6 Å². The molecule has 9 heteroatoms. The van der Waals surface area contributed by atoms with E-state index in [0.29, 0.717) is 22.4 Å². The topological polar surface area (TPSA) is 103 Å². The number of amides is 1. The number of benzene rings is 4. The number of halogens is 1. The molecule has 0 aliphatic rings. The predicted molar refractivity (Wildman–Crippen MR) is 149 cm³/mol. The van der Waals surface area contributed by atoms with E-state index in [9.17, 15) is 14.4 Å². The van der Waals surface area contributed by atoms with E-state index in [2.05, 4.69) is 26.5 Å². The van der Waals surface area contributed by atoms with Gasteiger partial charge in [-0.25, -0.2) is 15.0 Å². The first-order valence-electron chi connectivity index (χ1n) is 11.8. The number of nitrogens with zero attached hydrogens (tertiary/aromatic N) is 1. The standard InChI is InChI=1S/C30H23BrN2O6/c1-20-12-14-25(24(31)16-20)37-19-28(34)33-32-18-21-13-15-26(38-29(35)22-8-4-2-5-9-22)27(17-21)39-30(36)23-10-6-3-7-11-23/h2-18H,19H2,1H3,(H,33,34)/b32-18-. The highest BCUT2D eigenvalue weighted by molar-refractivity contribution is 9.10. The fourth-order valence-electron chi connectivity index (χ4n) is 3.31. The molecule has 0 aliphatic heterocycles. The van der Waals surface area contributed by atoms with Gasteiger partial charge in [0.1, 0.15) is 5.75 Å². The highest BCUT2D eigenvalue weighted by Gasteiger charge is 2.17. The largest absolute Gasteiger partial charge is 0.483 e. The summed E-state index contributed by atoms with van der Waals surface area (Å²) in [5, 5.41) is 3.94. The maximum atomic E-state index is 12.7. The van der Waals surface area contributed by atoms with E-state index in [1.54, 1.807) is 72.8 Å². The maximum Gasteiger partial charge on any atom is 0.343 e. The Morgan fingerprint density at radius 1 is 0.769 bits per heavy atom. The van der Waals surface area contributed by atoms with Crippen LogP contribution in [-0.4, -0.2) is 30.7 Å². The summed E-state index contributed by atoms with van der Waals surface area (Å²) in [7, 11) is 0. The van der Waals surface area contributed by atoms with Crippen LogP contribution in [0.2, 0.25) is 0 Å². The molecule has 0 aliphatic carbocycles. The van der Waals surface area contributed by atoms with Gasteiger partial charge in [0.2, 0.25) is 0 Å². The monoisotopic (exact) mass is 586 g/mol. The lowest BCUT2D eigenvalue weighted by molar-refractivity contribution is -0.123. The molecule has 0 fully saturated rings.